The number of methoxy groups -OCH3 is 1. The van der Waals surface area contributed by atoms with Crippen LogP contribution in [-0.4, -0.2) is 13.7 Å². The number of rotatable bonds is 4. The van der Waals surface area contributed by atoms with E-state index >= 15 is 0 Å². The highest BCUT2D eigenvalue weighted by Crippen LogP contribution is 2.22. The van der Waals surface area contributed by atoms with Crippen LogP contribution in [0.25, 0.3) is 0 Å². The van der Waals surface area contributed by atoms with Crippen LogP contribution in [0.4, 0.5) is 5.69 Å². The van der Waals surface area contributed by atoms with Crippen molar-refractivity contribution in [2.75, 3.05) is 19.0 Å². The first-order chi connectivity index (χ1) is 7.42. The van der Waals surface area contributed by atoms with Gasteiger partial charge in [-0.1, -0.05) is 20.8 Å². The average molecular weight is 221 g/mol. The predicted octanol–water partition coefficient (Wildman–Crippen LogP) is 3.85. The van der Waals surface area contributed by atoms with Gasteiger partial charge < -0.3 is 10.1 Å². The van der Waals surface area contributed by atoms with E-state index in [2.05, 4.69) is 45.1 Å². The van der Waals surface area contributed by atoms with Crippen LogP contribution in [-0.2, 0) is 0 Å². The maximum absolute atomic E-state index is 5.18. The van der Waals surface area contributed by atoms with Crippen LogP contribution >= 0.6 is 0 Å². The molecule has 0 saturated carbocycles. The fourth-order valence-corrected chi connectivity index (χ4v) is 1.53. The predicted molar refractivity (Wildman–Crippen MR) is 70.3 cm³/mol. The molecule has 0 aliphatic heterocycles. The second kappa shape index (κ2) is 5.24. The van der Waals surface area contributed by atoms with Crippen LogP contribution in [0.2, 0.25) is 0 Å². The van der Waals surface area contributed by atoms with E-state index in [9.17, 15) is 0 Å². The van der Waals surface area contributed by atoms with E-state index < -0.39 is 0 Å². The van der Waals surface area contributed by atoms with Crippen molar-refractivity contribution in [3.8, 4) is 5.75 Å². The molecule has 90 valence electrons. The van der Waals surface area contributed by atoms with Gasteiger partial charge in [0.05, 0.1) is 7.11 Å². The highest BCUT2D eigenvalue weighted by atomic mass is 16.5. The minimum Gasteiger partial charge on any atom is -0.497 e. The summed E-state index contributed by atoms with van der Waals surface area (Å²) < 4.78 is 5.18. The van der Waals surface area contributed by atoms with Gasteiger partial charge in [-0.05, 0) is 42.5 Å². The van der Waals surface area contributed by atoms with Gasteiger partial charge in [-0.3, -0.25) is 0 Å². The Labute approximate surface area is 99.0 Å². The second-order valence-corrected chi connectivity index (χ2v) is 5.42. The Morgan fingerprint density at radius 2 is 1.94 bits per heavy atom. The Bertz CT molecular complexity index is 339. The number of ether oxygens (including phenoxy) is 1. The number of anilines is 1. The van der Waals surface area contributed by atoms with Crippen molar-refractivity contribution in [1.82, 2.24) is 0 Å². The van der Waals surface area contributed by atoms with Crippen molar-refractivity contribution in [3.05, 3.63) is 23.8 Å². The van der Waals surface area contributed by atoms with Gasteiger partial charge in [0.25, 0.3) is 0 Å². The van der Waals surface area contributed by atoms with Gasteiger partial charge >= 0.3 is 0 Å². The highest BCUT2D eigenvalue weighted by Gasteiger charge is 2.09. The molecule has 1 rings (SSSR count). The zero-order valence-corrected chi connectivity index (χ0v) is 11.1. The van der Waals surface area contributed by atoms with E-state index in [4.69, 9.17) is 4.74 Å². The highest BCUT2D eigenvalue weighted by molar-refractivity contribution is 5.53. The van der Waals surface area contributed by atoms with Gasteiger partial charge in [-0.2, -0.15) is 0 Å². The monoisotopic (exact) mass is 221 g/mol. The molecule has 1 N–H and O–H groups in total. The average Bonchev–Trinajstić information content (AvgIpc) is 2.18. The van der Waals surface area contributed by atoms with Crippen molar-refractivity contribution < 1.29 is 4.74 Å². The quantitative estimate of drug-likeness (QED) is 0.833. The van der Waals surface area contributed by atoms with Gasteiger partial charge in [0.1, 0.15) is 5.75 Å². The van der Waals surface area contributed by atoms with Crippen LogP contribution in [0.15, 0.2) is 18.2 Å². The van der Waals surface area contributed by atoms with Crippen molar-refractivity contribution >= 4 is 5.69 Å². The lowest BCUT2D eigenvalue weighted by molar-refractivity contribution is 0.389. The van der Waals surface area contributed by atoms with E-state index in [0.29, 0.717) is 5.41 Å². The zero-order valence-electron chi connectivity index (χ0n) is 11.1. The summed E-state index contributed by atoms with van der Waals surface area (Å²) in [6.45, 7) is 9.89. The molecule has 0 radical (unpaired) electrons. The van der Waals surface area contributed by atoms with E-state index in [-0.39, 0.29) is 0 Å². The molecular formula is C14H23NO. The molecule has 0 fully saturated rings. The molecule has 0 atom stereocenters. The number of hydrogen-bond acceptors (Lipinski definition) is 2. The fourth-order valence-electron chi connectivity index (χ4n) is 1.53. The van der Waals surface area contributed by atoms with E-state index in [1.54, 1.807) is 7.11 Å². The maximum Gasteiger partial charge on any atom is 0.119 e. The Balaban J connectivity index is 2.55. The van der Waals surface area contributed by atoms with Crippen LogP contribution < -0.4 is 10.1 Å². The second-order valence-electron chi connectivity index (χ2n) is 5.42. The molecule has 0 bridgehead atoms. The van der Waals surface area contributed by atoms with Gasteiger partial charge in [-0.15, -0.1) is 0 Å². The molecule has 1 aromatic rings. The van der Waals surface area contributed by atoms with E-state index in [0.717, 1.165) is 12.3 Å². The number of hydrogen-bond donors (Lipinski definition) is 1. The summed E-state index contributed by atoms with van der Waals surface area (Å²) in [6, 6.07) is 6.13. The minimum absolute atomic E-state index is 0.382. The molecule has 0 spiro atoms. The van der Waals surface area contributed by atoms with Crippen molar-refractivity contribution in [2.24, 2.45) is 5.41 Å². The summed E-state index contributed by atoms with van der Waals surface area (Å²) in [5, 5.41) is 3.47. The topological polar surface area (TPSA) is 21.3 Å². The van der Waals surface area contributed by atoms with Crippen molar-refractivity contribution in [1.29, 1.82) is 0 Å². The van der Waals surface area contributed by atoms with Gasteiger partial charge in [-0.25, -0.2) is 0 Å². The zero-order chi connectivity index (χ0) is 12.2. The van der Waals surface area contributed by atoms with E-state index in [1.165, 1.54) is 17.7 Å². The molecule has 1 aromatic carbocycles. The normalized spacial score (nSPS) is 11.3. The summed E-state index contributed by atoms with van der Waals surface area (Å²) in [6.07, 6.45) is 1.17. The number of aryl methyl sites for hydroxylation is 1. The molecule has 2 nitrogen and oxygen atoms in total. The van der Waals surface area contributed by atoms with Crippen LogP contribution in [0.1, 0.15) is 32.8 Å². The molecule has 0 aliphatic carbocycles. The molecule has 0 amide bonds. The first-order valence-electron chi connectivity index (χ1n) is 5.81. The Kier molecular flexibility index (Phi) is 4.22. The van der Waals surface area contributed by atoms with E-state index in [1.807, 2.05) is 6.07 Å². The largest absolute Gasteiger partial charge is 0.497 e. The SMILES string of the molecule is COc1ccc(NCCC(C)(C)C)c(C)c1. The molecule has 2 heteroatoms. The Morgan fingerprint density at radius 1 is 1.25 bits per heavy atom. The van der Waals surface area contributed by atoms with Crippen LogP contribution in [0, 0.1) is 12.3 Å². The van der Waals surface area contributed by atoms with Crippen molar-refractivity contribution in [2.45, 2.75) is 34.1 Å². The lowest BCUT2D eigenvalue weighted by Crippen LogP contribution is -2.13. The fraction of sp³-hybridized carbons (Fsp3) is 0.571. The third-order valence-corrected chi connectivity index (χ3v) is 2.62. The third-order valence-electron chi connectivity index (χ3n) is 2.62. The lowest BCUT2D eigenvalue weighted by Gasteiger charge is -2.19. The Hall–Kier alpha value is -1.18. The van der Waals surface area contributed by atoms with Gasteiger partial charge in [0.15, 0.2) is 0 Å². The summed E-state index contributed by atoms with van der Waals surface area (Å²) in [5.74, 6) is 0.916. The summed E-state index contributed by atoms with van der Waals surface area (Å²) in [7, 11) is 1.70. The molecule has 16 heavy (non-hydrogen) atoms. The first-order valence-corrected chi connectivity index (χ1v) is 5.81. The van der Waals surface area contributed by atoms with Crippen LogP contribution in [0.5, 0.6) is 5.75 Å². The summed E-state index contributed by atoms with van der Waals surface area (Å²) in [4.78, 5) is 0. The molecule has 0 aliphatic rings. The summed E-state index contributed by atoms with van der Waals surface area (Å²) in [5.41, 5.74) is 2.81. The molecule has 0 saturated heterocycles. The Morgan fingerprint density at radius 3 is 2.44 bits per heavy atom. The molecular weight excluding hydrogens is 198 g/mol. The van der Waals surface area contributed by atoms with Crippen LogP contribution in [0.3, 0.4) is 0 Å². The molecule has 0 unspecified atom stereocenters. The minimum atomic E-state index is 0.382. The molecule has 0 aromatic heterocycles. The van der Waals surface area contributed by atoms with Gasteiger partial charge in [0.2, 0.25) is 0 Å². The lowest BCUT2D eigenvalue weighted by atomic mass is 9.92. The molecule has 0 heterocycles. The number of benzene rings is 1. The van der Waals surface area contributed by atoms with Gasteiger partial charge in [0, 0.05) is 12.2 Å². The van der Waals surface area contributed by atoms with Crippen molar-refractivity contribution in [3.63, 3.8) is 0 Å². The maximum atomic E-state index is 5.18. The summed E-state index contributed by atoms with van der Waals surface area (Å²) >= 11 is 0. The first kappa shape index (κ1) is 12.9. The standard InChI is InChI=1S/C14H23NO/c1-11-10-12(16-5)6-7-13(11)15-9-8-14(2,3)4/h6-7,10,15H,8-9H2,1-5H3. The third kappa shape index (κ3) is 4.13. The number of nitrogens with one attached hydrogen (secondary N) is 1. The smallest absolute Gasteiger partial charge is 0.119 e.